The van der Waals surface area contributed by atoms with Gasteiger partial charge in [0.05, 0.1) is 4.90 Å². The number of amides is 1. The van der Waals surface area contributed by atoms with Crippen molar-refractivity contribution >= 4 is 21.6 Å². The molecule has 0 saturated heterocycles. The molecule has 1 aromatic heterocycles. The van der Waals surface area contributed by atoms with Gasteiger partial charge in [-0.2, -0.15) is 0 Å². The number of hydrogen-bond donors (Lipinski definition) is 1. The van der Waals surface area contributed by atoms with E-state index in [1.54, 1.807) is 29.3 Å². The molecule has 3 rings (SSSR count). The van der Waals surface area contributed by atoms with Gasteiger partial charge in [0.1, 0.15) is 0 Å². The molecule has 138 valence electrons. The molecule has 1 atom stereocenters. The van der Waals surface area contributed by atoms with Crippen LogP contribution in [0.15, 0.2) is 47.5 Å². The van der Waals surface area contributed by atoms with Crippen molar-refractivity contribution in [2.24, 2.45) is 0 Å². The van der Waals surface area contributed by atoms with Gasteiger partial charge in [-0.05, 0) is 55.7 Å². The molecule has 0 aliphatic carbocycles. The zero-order valence-electron chi connectivity index (χ0n) is 15.0. The fraction of sp³-hybridized carbons (Fsp3) is 0.368. The van der Waals surface area contributed by atoms with Crippen LogP contribution in [0.3, 0.4) is 0 Å². The largest absolute Gasteiger partial charge is 0.312 e. The smallest absolute Gasteiger partial charge is 0.240 e. The van der Waals surface area contributed by atoms with Crippen LogP contribution >= 0.6 is 0 Å². The highest BCUT2D eigenvalue weighted by Crippen LogP contribution is 2.29. The van der Waals surface area contributed by atoms with Crippen molar-refractivity contribution in [3.05, 3.63) is 53.9 Å². The second kappa shape index (κ2) is 7.55. The maximum absolute atomic E-state index is 12.7. The third kappa shape index (κ3) is 4.11. The summed E-state index contributed by atoms with van der Waals surface area (Å²) in [6.45, 7) is 4.02. The fourth-order valence-electron chi connectivity index (χ4n) is 3.27. The van der Waals surface area contributed by atoms with Crippen molar-refractivity contribution in [1.29, 1.82) is 0 Å². The highest BCUT2D eigenvalue weighted by molar-refractivity contribution is 7.89. The van der Waals surface area contributed by atoms with E-state index in [0.29, 0.717) is 13.0 Å². The van der Waals surface area contributed by atoms with E-state index in [9.17, 15) is 13.2 Å². The Bertz CT molecular complexity index is 898. The molecule has 2 aromatic rings. The van der Waals surface area contributed by atoms with Gasteiger partial charge in [0, 0.05) is 43.5 Å². The Labute approximate surface area is 154 Å². The second-order valence-electron chi connectivity index (χ2n) is 6.61. The fourth-order valence-corrected chi connectivity index (χ4v) is 4.57. The summed E-state index contributed by atoms with van der Waals surface area (Å²) in [5.41, 5.74) is 2.54. The number of pyridine rings is 1. The minimum absolute atomic E-state index is 0.0244. The maximum Gasteiger partial charge on any atom is 0.240 e. The molecule has 2 heterocycles. The van der Waals surface area contributed by atoms with Crippen LogP contribution < -0.4 is 9.62 Å². The van der Waals surface area contributed by atoms with E-state index < -0.39 is 10.0 Å². The Hall–Kier alpha value is -2.25. The maximum atomic E-state index is 12.7. The van der Waals surface area contributed by atoms with Crippen LogP contribution in [0.4, 0.5) is 5.69 Å². The van der Waals surface area contributed by atoms with Gasteiger partial charge < -0.3 is 4.90 Å². The standard InChI is InChI=1S/C19H23N3O3S/c1-14(12-17-7-3-4-10-20-17)21-26(24,25)18-8-9-19-16(13-18)6-5-11-22(19)15(2)23/h3-4,7-10,13-14,21H,5-6,11-12H2,1-2H3/t14-/m1/s1. The lowest BCUT2D eigenvalue weighted by Gasteiger charge is -2.29. The van der Waals surface area contributed by atoms with E-state index >= 15 is 0 Å². The number of anilines is 1. The minimum atomic E-state index is -3.63. The lowest BCUT2D eigenvalue weighted by molar-refractivity contribution is -0.116. The predicted molar refractivity (Wildman–Crippen MR) is 101 cm³/mol. The Balaban J connectivity index is 1.78. The molecular weight excluding hydrogens is 350 g/mol. The first-order chi connectivity index (χ1) is 12.4. The van der Waals surface area contributed by atoms with Crippen molar-refractivity contribution < 1.29 is 13.2 Å². The molecule has 0 unspecified atom stereocenters. The van der Waals surface area contributed by atoms with Crippen molar-refractivity contribution in [3.8, 4) is 0 Å². The van der Waals surface area contributed by atoms with Gasteiger partial charge in [0.2, 0.25) is 15.9 Å². The van der Waals surface area contributed by atoms with E-state index in [-0.39, 0.29) is 16.8 Å². The van der Waals surface area contributed by atoms with E-state index in [1.807, 2.05) is 25.1 Å². The molecule has 0 radical (unpaired) electrons. The monoisotopic (exact) mass is 373 g/mol. The Kier molecular flexibility index (Phi) is 5.38. The summed E-state index contributed by atoms with van der Waals surface area (Å²) >= 11 is 0. The van der Waals surface area contributed by atoms with Crippen LogP contribution in [-0.2, 0) is 27.7 Å². The molecule has 1 N–H and O–H groups in total. The Morgan fingerprint density at radius 1 is 1.31 bits per heavy atom. The first kappa shape index (κ1) is 18.5. The molecule has 1 aliphatic heterocycles. The summed E-state index contributed by atoms with van der Waals surface area (Å²) in [7, 11) is -3.63. The van der Waals surface area contributed by atoms with Crippen molar-refractivity contribution in [3.63, 3.8) is 0 Å². The van der Waals surface area contributed by atoms with E-state index in [4.69, 9.17) is 0 Å². The zero-order chi connectivity index (χ0) is 18.7. The molecule has 6 nitrogen and oxygen atoms in total. The van der Waals surface area contributed by atoms with Crippen LogP contribution in [-0.4, -0.2) is 31.9 Å². The number of sulfonamides is 1. The van der Waals surface area contributed by atoms with Crippen molar-refractivity contribution in [1.82, 2.24) is 9.71 Å². The number of aryl methyl sites for hydroxylation is 1. The van der Waals surface area contributed by atoms with E-state index in [1.165, 1.54) is 6.92 Å². The number of carbonyl (C=O) groups excluding carboxylic acids is 1. The Morgan fingerprint density at radius 3 is 2.81 bits per heavy atom. The lowest BCUT2D eigenvalue weighted by atomic mass is 10.0. The van der Waals surface area contributed by atoms with Gasteiger partial charge in [-0.3, -0.25) is 9.78 Å². The summed E-state index contributed by atoms with van der Waals surface area (Å²) in [5.74, 6) is -0.0244. The first-order valence-corrected chi connectivity index (χ1v) is 10.2. The summed E-state index contributed by atoms with van der Waals surface area (Å²) in [6.07, 6.45) is 3.81. The molecule has 1 aromatic carbocycles. The van der Waals surface area contributed by atoms with E-state index in [0.717, 1.165) is 29.8 Å². The molecule has 1 aliphatic rings. The number of benzene rings is 1. The normalized spacial score (nSPS) is 15.4. The number of aromatic nitrogens is 1. The summed E-state index contributed by atoms with van der Waals surface area (Å²) in [4.78, 5) is 17.9. The third-order valence-corrected chi connectivity index (χ3v) is 6.05. The molecule has 0 fully saturated rings. The number of hydrogen-bond acceptors (Lipinski definition) is 4. The third-order valence-electron chi connectivity index (χ3n) is 4.46. The quantitative estimate of drug-likeness (QED) is 0.872. The first-order valence-electron chi connectivity index (χ1n) is 8.70. The van der Waals surface area contributed by atoms with Crippen LogP contribution in [0.1, 0.15) is 31.5 Å². The topological polar surface area (TPSA) is 79.4 Å². The highest BCUT2D eigenvalue weighted by atomic mass is 32.2. The predicted octanol–water partition coefficient (Wildman–Crippen LogP) is 2.29. The van der Waals surface area contributed by atoms with Crippen molar-refractivity contribution in [2.45, 2.75) is 44.0 Å². The minimum Gasteiger partial charge on any atom is -0.312 e. The molecule has 7 heteroatoms. The Morgan fingerprint density at radius 2 is 2.12 bits per heavy atom. The van der Waals surface area contributed by atoms with Gasteiger partial charge in [0.15, 0.2) is 0 Å². The van der Waals surface area contributed by atoms with E-state index in [2.05, 4.69) is 9.71 Å². The molecule has 1 amide bonds. The molecule has 0 bridgehead atoms. The second-order valence-corrected chi connectivity index (χ2v) is 8.33. The van der Waals surface area contributed by atoms with Crippen molar-refractivity contribution in [2.75, 3.05) is 11.4 Å². The van der Waals surface area contributed by atoms with Crippen LogP contribution in [0.25, 0.3) is 0 Å². The molecular formula is C19H23N3O3S. The molecule has 26 heavy (non-hydrogen) atoms. The van der Waals surface area contributed by atoms with Crippen LogP contribution in [0.5, 0.6) is 0 Å². The van der Waals surface area contributed by atoms with Gasteiger partial charge in [-0.15, -0.1) is 0 Å². The number of nitrogens with zero attached hydrogens (tertiary/aromatic N) is 2. The van der Waals surface area contributed by atoms with Crippen LogP contribution in [0.2, 0.25) is 0 Å². The summed E-state index contributed by atoms with van der Waals surface area (Å²) in [5, 5.41) is 0. The average molecular weight is 373 g/mol. The highest BCUT2D eigenvalue weighted by Gasteiger charge is 2.24. The molecule has 0 saturated carbocycles. The van der Waals surface area contributed by atoms with Gasteiger partial charge in [-0.25, -0.2) is 13.1 Å². The average Bonchev–Trinajstić information content (AvgIpc) is 2.60. The summed E-state index contributed by atoms with van der Waals surface area (Å²) < 4.78 is 28.2. The summed E-state index contributed by atoms with van der Waals surface area (Å²) in [6, 6.07) is 10.3. The van der Waals surface area contributed by atoms with Gasteiger partial charge in [0.25, 0.3) is 0 Å². The van der Waals surface area contributed by atoms with Gasteiger partial charge in [-0.1, -0.05) is 6.07 Å². The lowest BCUT2D eigenvalue weighted by Crippen LogP contribution is -2.35. The zero-order valence-corrected chi connectivity index (χ0v) is 15.8. The number of nitrogens with one attached hydrogen (secondary N) is 1. The van der Waals surface area contributed by atoms with Crippen LogP contribution in [0, 0.1) is 0 Å². The molecule has 0 spiro atoms. The SMILES string of the molecule is CC(=O)N1CCCc2cc(S(=O)(=O)N[C@H](C)Cc3ccccn3)ccc21. The number of fused-ring (bicyclic) bond motifs is 1. The number of carbonyl (C=O) groups is 1. The number of rotatable bonds is 5. The van der Waals surface area contributed by atoms with Gasteiger partial charge >= 0.3 is 0 Å².